The van der Waals surface area contributed by atoms with E-state index in [1.807, 2.05) is 0 Å². The van der Waals surface area contributed by atoms with Crippen molar-refractivity contribution in [3.8, 4) is 0 Å². The molecule has 12 aromatic rings. The topological polar surface area (TPSA) is 858 Å². The molecule has 6 aliphatic heterocycles. The van der Waals surface area contributed by atoms with E-state index in [1.165, 1.54) is 52.7 Å². The molecule has 133 heavy (non-hydrogen) atoms. The smallest absolute Gasteiger partial charge is 0.325 e. The summed E-state index contributed by atoms with van der Waals surface area (Å²) in [5.41, 5.74) is 37.2. The van der Waals surface area contributed by atoms with Gasteiger partial charge in [0, 0.05) is 0 Å². The Kier molecular flexibility index (Phi) is 27.1. The van der Waals surface area contributed by atoms with Crippen molar-refractivity contribution in [3.05, 3.63) is 75.9 Å². The summed E-state index contributed by atoms with van der Waals surface area (Å²) in [5.74, 6) is -0.441. The Hall–Kier alpha value is -7.24. The van der Waals surface area contributed by atoms with Crippen LogP contribution in [-0.2, 0) is 149 Å². The number of aromatic nitrogens is 24. The predicted molar refractivity (Wildman–Crippen MR) is 465 cm³/mol. The van der Waals surface area contributed by atoms with Crippen molar-refractivity contribution < 1.29 is 148 Å². The van der Waals surface area contributed by atoms with Crippen LogP contribution in [0.25, 0.3) is 67.0 Å². The molecule has 0 saturated carbocycles. The molecule has 18 rings (SSSR count). The minimum Gasteiger partial charge on any atom is -0.387 e. The largest absolute Gasteiger partial charge is 0.387 e. The van der Waals surface area contributed by atoms with Gasteiger partial charge in [0.1, 0.15) is 181 Å². The van der Waals surface area contributed by atoms with E-state index < -0.39 is 227 Å². The van der Waals surface area contributed by atoms with Crippen molar-refractivity contribution in [2.45, 2.75) is 147 Å². The van der Waals surface area contributed by atoms with Gasteiger partial charge in [0.15, 0.2) is 106 Å². The molecule has 5 unspecified atom stereocenters. The summed E-state index contributed by atoms with van der Waals surface area (Å²) in [6.07, 6.45) is -27.0. The third-order valence-corrected chi connectivity index (χ3v) is 30.2. The fraction of sp³-hybridized carbons (Fsp3) is 0.500. The van der Waals surface area contributed by atoms with Crippen molar-refractivity contribution in [2.24, 2.45) is 0 Å². The van der Waals surface area contributed by atoms with Crippen LogP contribution in [0.1, 0.15) is 37.4 Å². The number of nitrogens with zero attached hydrogens (tertiary/aromatic N) is 24. The Labute approximate surface area is 771 Å². The van der Waals surface area contributed by atoms with Crippen molar-refractivity contribution >= 4 is 213 Å². The van der Waals surface area contributed by atoms with E-state index in [1.54, 1.807) is 0 Å². The summed E-state index contributed by atoms with van der Waals surface area (Å²) in [4.78, 5) is 154. The molecule has 0 aliphatic carbocycles. The molecule has 29 atom stereocenters. The average Bonchev–Trinajstić information content (AvgIpc) is 1.62. The molecule has 6 aliphatic rings. The number of imidazole rings is 6. The summed E-state index contributed by atoms with van der Waals surface area (Å²) in [6, 6.07) is 0. The first-order valence-corrected chi connectivity index (χ1v) is 53.9. The molecule has 61 nitrogen and oxygen atoms in total. The molecule has 0 amide bonds. The second kappa shape index (κ2) is 37.5. The lowest BCUT2D eigenvalue weighted by Gasteiger charge is -2.28. The zero-order valence-corrected chi connectivity index (χ0v) is 76.8. The number of anilines is 6. The van der Waals surface area contributed by atoms with Gasteiger partial charge in [-0.15, -0.1) is 0 Å². The first kappa shape index (κ1) is 96.0. The highest BCUT2D eigenvalue weighted by molar-refractivity contribution is 8.08. The number of aliphatic hydroxyl groups is 7. The summed E-state index contributed by atoms with van der Waals surface area (Å²) in [7, 11) is 0. The molecule has 0 spiro atoms. The number of nitrogen functional groups attached to an aromatic ring is 6. The number of rotatable bonds is 34. The lowest BCUT2D eigenvalue weighted by molar-refractivity contribution is -0.0607. The normalized spacial score (nSPS) is 31.6. The van der Waals surface area contributed by atoms with E-state index in [0.717, 1.165) is 50.6 Å². The van der Waals surface area contributed by atoms with Gasteiger partial charge in [-0.05, 0) is 70.8 Å². The molecule has 18 heterocycles. The second-order valence-electron chi connectivity index (χ2n) is 29.8. The second-order valence-corrected chi connectivity index (χ2v) is 46.4. The maximum absolute atomic E-state index is 12.4. The Morgan fingerprint density at radius 1 is 0.248 bits per heavy atom. The lowest BCUT2D eigenvalue weighted by Crippen LogP contribution is -2.37. The molecule has 0 radical (unpaired) electrons. The van der Waals surface area contributed by atoms with Gasteiger partial charge in [-0.3, -0.25) is 50.0 Å². The molecule has 0 aromatic carbocycles. The zero-order chi connectivity index (χ0) is 94.2. The number of aliphatic hydroxyl groups excluding tert-OH is 7. The SMILES string of the molecule is Nc1ncnc2c1ncn2[C@@H]1O[C@H](COP(O)(=S)O[C@@H]2[C@H](O)[C@@H](COP(O)(=S)O[C@@H]3[C@H](O)[C@@H](COP(O)(=S)O[C@@H]4[C@H](O)[C@@H](COP(O)(=S)O[C@@H]5[C@H](O)[C@@H](COP(O)(=S)O[C@@H]6[C@H](O)[C@@H](COP(O)(O)=S)O[C@H]6n6cnc7c(N)ncnc76)O[C@H]5n5cnc6c(N)ncnc65)O[C@H]4n4cnc5c(N)ncnc54)O[C@H]3n3cnc4c(N)ncnc43)O[C@H]2n2cnc3c(N)ncnc32)[C@@H](O)[C@H]1O. The van der Waals surface area contributed by atoms with Crippen molar-refractivity contribution in [2.75, 3.05) is 74.0 Å². The summed E-state index contributed by atoms with van der Waals surface area (Å²) < 4.78 is 109. The van der Waals surface area contributed by atoms with Gasteiger partial charge in [0.25, 0.3) is 0 Å². The van der Waals surface area contributed by atoms with Gasteiger partial charge in [-0.25, -0.2) is 89.7 Å². The van der Waals surface area contributed by atoms with Crippen LogP contribution >= 0.6 is 40.3 Å². The monoisotopic (exact) mass is 2090 g/mol. The first-order valence-electron chi connectivity index (χ1n) is 38.3. The maximum atomic E-state index is 12.4. The van der Waals surface area contributed by atoms with Crippen LogP contribution in [0.2, 0.25) is 0 Å². The van der Waals surface area contributed by atoms with Crippen molar-refractivity contribution in [1.29, 1.82) is 0 Å². The highest BCUT2D eigenvalue weighted by Crippen LogP contribution is 2.58. The maximum Gasteiger partial charge on any atom is 0.325 e. The summed E-state index contributed by atoms with van der Waals surface area (Å²) in [6.45, 7) is -33.3. The number of nitrogens with two attached hydrogens (primary N) is 6. The number of ether oxygens (including phenoxy) is 6. The van der Waals surface area contributed by atoms with E-state index in [4.69, 9.17) is 172 Å². The Bertz CT molecular complexity index is 6710. The molecule has 6 fully saturated rings. The van der Waals surface area contributed by atoms with Crippen LogP contribution < -0.4 is 34.4 Å². The number of fused-ring (bicyclic) bond motifs is 6. The Morgan fingerprint density at radius 3 is 0.617 bits per heavy atom. The van der Waals surface area contributed by atoms with Crippen molar-refractivity contribution in [3.63, 3.8) is 0 Å². The highest BCUT2D eigenvalue weighted by atomic mass is 32.5. The minimum atomic E-state index is -4.88. The van der Waals surface area contributed by atoms with Crippen LogP contribution in [-0.4, -0.2) is 337 Å². The zero-order valence-electron chi connectivity index (χ0n) is 66.6. The molecule has 73 heteroatoms. The standard InChI is InChI=1S/C60H74N30O31P6S6/c61-43-25-49(73-7-67-43)85(13-79-25)55-37(97)31(91)19(111-55)2-106-123(100,129)118-39-33(93)21(113-57(39)87-15-81-27-45(63)69-9-75-51(27)87)4-108-125(102,131)120-41-35(95)23(115-59(41)89-17-83-29-47(65)71-11-77-53(29)89)6-110-127(104,133)121-42-36(96)24(116-60(42)90-18-84-30-48(66)72-12-78-54(30)90)5-109-126(103,132)119-40-34(94)22(114-58(40)88-16-82-28-46(64)70-10-76-52(28)88)3-107-124(101,130)117-38-32(92)20(1-105-122(98,99)128)112-56(38)86-14-80-26-44(62)68-8-74-50(26)86/h7-24,31-42,55-60,91-97H,1-6H2,(H,100,129)(H,101,130)(H,102,131)(H,103,132)(H,104,133)(H2,61,67,73)(H2,62,68,74)(H2,63,69,75)(H2,64,70,76)(H2,65,71,77)(H2,66,72,78)(H2,98,99,128)/t19-,20-,21-,22-,23-,24-,31-,32-,33-,34-,35-,36-,37-,38-,39-,40-,41-,42-,55-,56-,57-,58-,59-,60-,123?,124?,125?,126?,127?/m1/s1. The van der Waals surface area contributed by atoms with Crippen LogP contribution in [0.5, 0.6) is 0 Å². The van der Waals surface area contributed by atoms with E-state index in [9.17, 15) is 70.0 Å². The van der Waals surface area contributed by atoms with Crippen LogP contribution in [0.15, 0.2) is 75.9 Å². The number of hydrogen-bond acceptors (Lipinski definition) is 54. The summed E-state index contributed by atoms with van der Waals surface area (Å²) in [5, 5.41) is 83.1. The van der Waals surface area contributed by atoms with Gasteiger partial charge < -0.3 is 160 Å². The lowest BCUT2D eigenvalue weighted by atomic mass is 10.1. The third kappa shape index (κ3) is 19.3. The van der Waals surface area contributed by atoms with Crippen molar-refractivity contribution in [1.82, 2.24) is 117 Å². The fourth-order valence-electron chi connectivity index (χ4n) is 15.3. The van der Waals surface area contributed by atoms with E-state index in [-0.39, 0.29) is 102 Å². The van der Waals surface area contributed by atoms with E-state index >= 15 is 0 Å². The fourth-order valence-corrected chi connectivity index (χ4v) is 22.9. The van der Waals surface area contributed by atoms with Gasteiger partial charge in [-0.1, -0.05) is 0 Å². The number of hydrogen-bond donors (Lipinski definition) is 20. The minimum absolute atomic E-state index is 0.00918. The summed E-state index contributed by atoms with van der Waals surface area (Å²) >= 11 is 32.3. The Balaban J connectivity index is 0.553. The molecule has 0 bridgehead atoms. The predicted octanol–water partition coefficient (Wildman–Crippen LogP) is -5.25. The molecule has 716 valence electrons. The molecule has 26 N–H and O–H groups in total. The molecule has 12 aromatic heterocycles. The highest BCUT2D eigenvalue weighted by Gasteiger charge is 2.57. The van der Waals surface area contributed by atoms with E-state index in [2.05, 4.69) is 102 Å². The van der Waals surface area contributed by atoms with Gasteiger partial charge in [0.2, 0.25) is 0 Å². The van der Waals surface area contributed by atoms with Gasteiger partial charge in [0.05, 0.1) is 77.6 Å². The van der Waals surface area contributed by atoms with E-state index in [0.29, 0.717) is 0 Å². The van der Waals surface area contributed by atoms with Crippen LogP contribution in [0.4, 0.5) is 34.9 Å². The molecular weight excluding hydrogens is 2020 g/mol. The Morgan fingerprint density at radius 2 is 0.421 bits per heavy atom. The molecular formula is C60H74N30O31P6S6. The van der Waals surface area contributed by atoms with Crippen LogP contribution in [0, 0.1) is 0 Å². The quantitative estimate of drug-likeness (QED) is 0.0168. The average molecular weight is 2090 g/mol. The van der Waals surface area contributed by atoms with Crippen LogP contribution in [0.3, 0.4) is 0 Å². The van der Waals surface area contributed by atoms with Gasteiger partial charge in [-0.2, -0.15) is 0 Å². The van der Waals surface area contributed by atoms with Gasteiger partial charge >= 0.3 is 40.3 Å². The third-order valence-electron chi connectivity index (χ3n) is 21.6. The first-order chi connectivity index (χ1) is 63.1. The molecule has 6 saturated heterocycles.